The second-order valence-corrected chi connectivity index (χ2v) is 11.5. The number of halogens is 1. The molecule has 3 aliphatic heterocycles. The number of ether oxygens (including phenoxy) is 1. The lowest BCUT2D eigenvalue weighted by Gasteiger charge is -2.23. The van der Waals surface area contributed by atoms with Crippen LogP contribution in [0.15, 0.2) is 53.8 Å². The van der Waals surface area contributed by atoms with Gasteiger partial charge in [0.25, 0.3) is 0 Å². The molecule has 0 bridgehead atoms. The maximum atomic E-state index is 14.8. The van der Waals surface area contributed by atoms with Crippen LogP contribution in [-0.2, 0) is 6.42 Å². The second-order valence-electron chi connectivity index (χ2n) is 11.5. The minimum atomic E-state index is -0.307. The predicted octanol–water partition coefficient (Wildman–Crippen LogP) is 5.49. The van der Waals surface area contributed by atoms with Crippen LogP contribution in [0.1, 0.15) is 60.5 Å². The minimum Gasteiger partial charge on any atom is -0.492 e. The van der Waals surface area contributed by atoms with E-state index in [1.165, 1.54) is 24.5 Å². The summed E-state index contributed by atoms with van der Waals surface area (Å²) in [5.41, 5.74) is 7.83. The highest BCUT2D eigenvalue weighted by Crippen LogP contribution is 2.33. The summed E-state index contributed by atoms with van der Waals surface area (Å²) < 4.78 is 20.8. The average molecular weight is 553 g/mol. The molecule has 7 nitrogen and oxygen atoms in total. The van der Waals surface area contributed by atoms with Crippen molar-refractivity contribution in [3.63, 3.8) is 0 Å². The number of fused-ring (bicyclic) bond motifs is 2. The van der Waals surface area contributed by atoms with Gasteiger partial charge < -0.3 is 15.0 Å². The molecule has 3 aliphatic rings. The van der Waals surface area contributed by atoms with E-state index in [2.05, 4.69) is 38.5 Å². The van der Waals surface area contributed by atoms with Gasteiger partial charge in [0.15, 0.2) is 0 Å². The Morgan fingerprint density at radius 2 is 1.85 bits per heavy atom. The molecule has 4 aromatic rings. The van der Waals surface area contributed by atoms with Gasteiger partial charge >= 0.3 is 0 Å². The molecule has 0 unspecified atom stereocenters. The van der Waals surface area contributed by atoms with Crippen LogP contribution in [0, 0.1) is 5.82 Å². The number of rotatable bonds is 7. The number of aromatic amines is 1. The maximum absolute atomic E-state index is 14.8. The number of H-pyrrole nitrogens is 1. The zero-order chi connectivity index (χ0) is 27.6. The molecular weight excluding hydrogens is 515 g/mol. The van der Waals surface area contributed by atoms with Gasteiger partial charge in [-0.15, -0.1) is 0 Å². The standard InChI is InChI=1S/C33H37FN6O/c34-25-16-23(17-26(19-25)41-15-14-40-12-1-2-13-40)27-7-11-37-33-28(27)20-31(39-33)32-29-18-24(22-5-9-35-10-6-22)21-38-30(29)4-3-8-36-32/h7,11,16-22,35H,1-6,8-10,12-15H2,(H,37,39). The first-order valence-electron chi connectivity index (χ1n) is 15.1. The summed E-state index contributed by atoms with van der Waals surface area (Å²) in [6.45, 7) is 6.50. The van der Waals surface area contributed by atoms with Gasteiger partial charge in [0.2, 0.25) is 0 Å². The van der Waals surface area contributed by atoms with Gasteiger partial charge in [0.1, 0.15) is 23.8 Å². The number of hydrogen-bond acceptors (Lipinski definition) is 6. The van der Waals surface area contributed by atoms with Crippen LogP contribution in [0.2, 0.25) is 0 Å². The van der Waals surface area contributed by atoms with Crippen LogP contribution in [0.3, 0.4) is 0 Å². The number of piperidine rings is 1. The third-order valence-corrected chi connectivity index (χ3v) is 8.74. The van der Waals surface area contributed by atoms with Crippen LogP contribution in [-0.4, -0.2) is 71.4 Å². The van der Waals surface area contributed by atoms with Crippen LogP contribution >= 0.6 is 0 Å². The van der Waals surface area contributed by atoms with E-state index >= 15 is 0 Å². The smallest absolute Gasteiger partial charge is 0.138 e. The fourth-order valence-corrected chi connectivity index (χ4v) is 6.55. The van der Waals surface area contributed by atoms with Crippen molar-refractivity contribution in [3.8, 4) is 16.9 Å². The van der Waals surface area contributed by atoms with Crippen molar-refractivity contribution in [2.45, 2.75) is 44.4 Å². The molecule has 7 rings (SSSR count). The summed E-state index contributed by atoms with van der Waals surface area (Å²) in [7, 11) is 0. The molecule has 212 valence electrons. The molecule has 2 N–H and O–H groups in total. The van der Waals surface area contributed by atoms with Gasteiger partial charge in [0, 0.05) is 48.2 Å². The second kappa shape index (κ2) is 11.7. The fraction of sp³-hybridized carbons (Fsp3) is 0.424. The zero-order valence-electron chi connectivity index (χ0n) is 23.5. The Kier molecular flexibility index (Phi) is 7.50. The van der Waals surface area contributed by atoms with Crippen LogP contribution < -0.4 is 10.1 Å². The first-order valence-corrected chi connectivity index (χ1v) is 15.1. The first-order chi connectivity index (χ1) is 20.2. The number of aryl methyl sites for hydroxylation is 1. The third-order valence-electron chi connectivity index (χ3n) is 8.74. The largest absolute Gasteiger partial charge is 0.492 e. The van der Waals surface area contributed by atoms with Crippen LogP contribution in [0.25, 0.3) is 22.2 Å². The predicted molar refractivity (Wildman–Crippen MR) is 161 cm³/mol. The van der Waals surface area contributed by atoms with Gasteiger partial charge in [-0.2, -0.15) is 0 Å². The van der Waals surface area contributed by atoms with Crippen molar-refractivity contribution in [2.24, 2.45) is 4.99 Å². The molecule has 0 saturated carbocycles. The Bertz CT molecular complexity index is 1570. The van der Waals surface area contributed by atoms with Gasteiger partial charge in [0.05, 0.1) is 11.4 Å². The van der Waals surface area contributed by atoms with E-state index in [9.17, 15) is 4.39 Å². The number of nitrogens with one attached hydrogen (secondary N) is 2. The molecule has 0 amide bonds. The van der Waals surface area contributed by atoms with Gasteiger partial charge in [-0.25, -0.2) is 9.37 Å². The zero-order valence-corrected chi connectivity index (χ0v) is 23.5. The quantitative estimate of drug-likeness (QED) is 0.317. The normalized spacial score (nSPS) is 18.3. The fourth-order valence-electron chi connectivity index (χ4n) is 6.55. The SMILES string of the molecule is Fc1cc(OCCN2CCCC2)cc(-c2ccnc3[nH]c(C4=NCCCc5ncc(C6CCNCC6)cc54)cc23)c1. The van der Waals surface area contributed by atoms with Gasteiger partial charge in [-0.05, 0) is 118 Å². The summed E-state index contributed by atoms with van der Waals surface area (Å²) >= 11 is 0. The van der Waals surface area contributed by atoms with Crippen molar-refractivity contribution in [3.05, 3.63) is 77.1 Å². The molecule has 41 heavy (non-hydrogen) atoms. The van der Waals surface area contributed by atoms with E-state index in [-0.39, 0.29) is 5.82 Å². The monoisotopic (exact) mass is 552 g/mol. The molecule has 8 heteroatoms. The molecule has 0 spiro atoms. The Hall–Kier alpha value is -3.62. The molecule has 0 atom stereocenters. The Balaban J connectivity index is 1.21. The average Bonchev–Trinajstić information content (AvgIpc) is 3.63. The van der Waals surface area contributed by atoms with Crippen molar-refractivity contribution < 1.29 is 9.13 Å². The van der Waals surface area contributed by atoms with Crippen molar-refractivity contribution in [1.29, 1.82) is 0 Å². The minimum absolute atomic E-state index is 0.307. The third kappa shape index (κ3) is 5.63. The number of benzene rings is 1. The first kappa shape index (κ1) is 26.3. The molecule has 1 aromatic carbocycles. The summed E-state index contributed by atoms with van der Waals surface area (Å²) in [6.07, 6.45) is 10.5. The molecule has 2 fully saturated rings. The highest BCUT2D eigenvalue weighted by atomic mass is 19.1. The van der Waals surface area contributed by atoms with Crippen molar-refractivity contribution in [1.82, 2.24) is 25.2 Å². The van der Waals surface area contributed by atoms with E-state index in [1.807, 2.05) is 12.1 Å². The van der Waals surface area contributed by atoms with E-state index in [1.54, 1.807) is 12.3 Å². The number of aromatic nitrogens is 3. The Labute approximate surface area is 240 Å². The van der Waals surface area contributed by atoms with Crippen molar-refractivity contribution in [2.75, 3.05) is 45.9 Å². The highest BCUT2D eigenvalue weighted by Gasteiger charge is 2.23. The molecule has 0 radical (unpaired) electrons. The van der Waals surface area contributed by atoms with Crippen LogP contribution in [0.5, 0.6) is 5.75 Å². The summed E-state index contributed by atoms with van der Waals surface area (Å²) in [5, 5.41) is 4.40. The van der Waals surface area contributed by atoms with E-state index in [0.717, 1.165) is 110 Å². The Morgan fingerprint density at radius 1 is 0.976 bits per heavy atom. The summed E-state index contributed by atoms with van der Waals surface area (Å²) in [4.78, 5) is 20.5. The number of aliphatic imine (C=N–C) groups is 1. The topological polar surface area (TPSA) is 78.4 Å². The summed E-state index contributed by atoms with van der Waals surface area (Å²) in [5.74, 6) is 0.769. The summed E-state index contributed by atoms with van der Waals surface area (Å²) in [6, 6.07) is 11.4. The number of likely N-dealkylation sites (tertiary alicyclic amines) is 1. The lowest BCUT2D eigenvalue weighted by Crippen LogP contribution is -2.27. The van der Waals surface area contributed by atoms with E-state index < -0.39 is 0 Å². The van der Waals surface area contributed by atoms with Gasteiger partial charge in [-0.3, -0.25) is 14.9 Å². The highest BCUT2D eigenvalue weighted by molar-refractivity contribution is 6.15. The molecule has 0 aliphatic carbocycles. The Morgan fingerprint density at radius 3 is 2.73 bits per heavy atom. The molecule has 2 saturated heterocycles. The number of pyridine rings is 2. The number of nitrogens with zero attached hydrogens (tertiary/aromatic N) is 4. The number of hydrogen-bond donors (Lipinski definition) is 2. The maximum Gasteiger partial charge on any atom is 0.138 e. The molecule has 6 heterocycles. The van der Waals surface area contributed by atoms with Crippen molar-refractivity contribution >= 4 is 16.7 Å². The van der Waals surface area contributed by atoms with E-state index in [0.29, 0.717) is 18.3 Å². The lowest BCUT2D eigenvalue weighted by atomic mass is 9.89. The van der Waals surface area contributed by atoms with E-state index in [4.69, 9.17) is 14.7 Å². The lowest BCUT2D eigenvalue weighted by molar-refractivity contribution is 0.237. The molecular formula is C33H37FN6O. The van der Waals surface area contributed by atoms with Crippen LogP contribution in [0.4, 0.5) is 4.39 Å². The van der Waals surface area contributed by atoms with Gasteiger partial charge in [-0.1, -0.05) is 0 Å². The molecule has 3 aromatic heterocycles.